The van der Waals surface area contributed by atoms with Crippen LogP contribution in [0.25, 0.3) is 0 Å². The number of carboxylic acid groups (broad SMARTS) is 1. The third-order valence-corrected chi connectivity index (χ3v) is 9.16. The van der Waals surface area contributed by atoms with Gasteiger partial charge in [0.1, 0.15) is 18.0 Å². The van der Waals surface area contributed by atoms with Gasteiger partial charge in [-0.25, -0.2) is 23.5 Å². The summed E-state index contributed by atoms with van der Waals surface area (Å²) in [4.78, 5) is 75.5. The molecule has 0 spiro atoms. The zero-order chi connectivity index (χ0) is 30.1. The van der Waals surface area contributed by atoms with Crippen LogP contribution in [0.4, 0.5) is 15.3 Å². The van der Waals surface area contributed by atoms with Crippen LogP contribution in [0.3, 0.4) is 0 Å². The number of nitrogens with one attached hydrogen (secondary N) is 3. The minimum Gasteiger partial charge on any atom is -0.543 e. The number of ether oxygens (including phenoxy) is 1. The molecule has 3 aliphatic heterocycles. The molecule has 42 heavy (non-hydrogen) atoms. The molecule has 3 N–H and O–H groups in total. The Bertz CT molecular complexity index is 1470. The Morgan fingerprint density at radius 1 is 1.14 bits per heavy atom. The molecular weight excluding hydrogens is 607 g/mol. The fourth-order valence-electron chi connectivity index (χ4n) is 4.39. The van der Waals surface area contributed by atoms with E-state index in [0.29, 0.717) is 14.8 Å². The van der Waals surface area contributed by atoms with Crippen molar-refractivity contribution in [1.29, 1.82) is 0 Å². The standard InChI is InChI=1S/C23H26N6O10S2.Na/c1-12(30)39-10-14-11-40-20-17(19(32)29(20)18(14)21(33)34)26-16(31)9-13-5-3-4-6-15(13)25-22(35)27-7-8-28(23(27)36)41(37,38)24-2;/h3-6,17,20,24H,7-11H2,1-2H3,(H,25,35)(H,26,31)(H,33,34);/q;+1/p-1/t17?,20-;/m1./s1. The molecule has 220 valence electrons. The van der Waals surface area contributed by atoms with E-state index in [4.69, 9.17) is 4.74 Å². The first kappa shape index (κ1) is 33.3. The van der Waals surface area contributed by atoms with Gasteiger partial charge in [0.05, 0.1) is 31.2 Å². The zero-order valence-electron chi connectivity index (χ0n) is 22.7. The maximum Gasteiger partial charge on any atom is 1.00 e. The summed E-state index contributed by atoms with van der Waals surface area (Å²) in [5.41, 5.74) is 0.327. The van der Waals surface area contributed by atoms with Gasteiger partial charge in [-0.05, 0) is 11.6 Å². The number of hydrogen-bond donors (Lipinski definition) is 3. The Balaban J connectivity index is 0.00000484. The summed E-state index contributed by atoms with van der Waals surface area (Å²) in [6.07, 6.45) is -0.285. The molecule has 1 unspecified atom stereocenters. The van der Waals surface area contributed by atoms with Gasteiger partial charge in [-0.15, -0.1) is 11.8 Å². The van der Waals surface area contributed by atoms with Crippen molar-refractivity contribution in [3.63, 3.8) is 0 Å². The summed E-state index contributed by atoms with van der Waals surface area (Å²) in [7, 11) is -2.95. The SMILES string of the molecule is CNS(=O)(=O)N1CCN(C(=O)Nc2ccccc2CC(=O)NC2C(=O)N3C(C(=O)[O-])=C(COC(C)=O)CS[C@H]23)C1=O.[Na+]. The van der Waals surface area contributed by atoms with Crippen LogP contribution in [0.2, 0.25) is 0 Å². The minimum absolute atomic E-state index is 0. The van der Waals surface area contributed by atoms with Crippen LogP contribution in [0.5, 0.6) is 0 Å². The quantitative estimate of drug-likeness (QED) is 0.133. The Kier molecular flexibility index (Phi) is 10.7. The molecule has 1 aromatic rings. The number of fused-ring (bicyclic) bond motifs is 1. The predicted molar refractivity (Wildman–Crippen MR) is 140 cm³/mol. The van der Waals surface area contributed by atoms with Gasteiger partial charge >= 0.3 is 57.8 Å². The first-order valence-corrected chi connectivity index (χ1v) is 14.6. The van der Waals surface area contributed by atoms with Gasteiger partial charge in [-0.2, -0.15) is 8.42 Å². The van der Waals surface area contributed by atoms with Gasteiger partial charge in [0.15, 0.2) is 0 Å². The van der Waals surface area contributed by atoms with Crippen molar-refractivity contribution in [3.05, 3.63) is 41.1 Å². The van der Waals surface area contributed by atoms with Gasteiger partial charge in [0.25, 0.3) is 5.91 Å². The number of aliphatic carboxylic acids is 1. The third-order valence-electron chi connectivity index (χ3n) is 6.38. The number of carbonyl (C=O) groups is 6. The molecule has 0 aromatic heterocycles. The topological polar surface area (TPSA) is 215 Å². The summed E-state index contributed by atoms with van der Waals surface area (Å²) in [5, 5.41) is 16.1. The third kappa shape index (κ3) is 6.73. The van der Waals surface area contributed by atoms with Crippen molar-refractivity contribution in [2.75, 3.05) is 37.8 Å². The zero-order valence-corrected chi connectivity index (χ0v) is 26.4. The number of nitrogens with zero attached hydrogens (tertiary/aromatic N) is 3. The van der Waals surface area contributed by atoms with Crippen molar-refractivity contribution in [2.45, 2.75) is 24.8 Å². The van der Waals surface area contributed by atoms with Crippen LogP contribution >= 0.6 is 11.8 Å². The van der Waals surface area contributed by atoms with E-state index in [1.807, 2.05) is 4.72 Å². The fourth-order valence-corrected chi connectivity index (χ4v) is 6.56. The van der Waals surface area contributed by atoms with E-state index in [1.54, 1.807) is 18.2 Å². The number of imide groups is 1. The van der Waals surface area contributed by atoms with Gasteiger partial charge in [-0.3, -0.25) is 19.3 Å². The van der Waals surface area contributed by atoms with E-state index in [-0.39, 0.29) is 72.7 Å². The number of carboxylic acids is 1. The molecule has 3 aliphatic rings. The van der Waals surface area contributed by atoms with E-state index in [0.717, 1.165) is 11.9 Å². The molecule has 0 aliphatic carbocycles. The molecule has 19 heteroatoms. The molecule has 1 aromatic carbocycles. The summed E-state index contributed by atoms with van der Waals surface area (Å²) in [6.45, 7) is 0.441. The number of rotatable bonds is 9. The van der Waals surface area contributed by atoms with Gasteiger partial charge in [-0.1, -0.05) is 18.2 Å². The molecule has 2 fully saturated rings. The van der Waals surface area contributed by atoms with Crippen molar-refractivity contribution >= 4 is 63.5 Å². The van der Waals surface area contributed by atoms with E-state index < -0.39 is 63.1 Å². The number of para-hydroxylation sites is 1. The van der Waals surface area contributed by atoms with Crippen LogP contribution < -0.4 is 50.0 Å². The van der Waals surface area contributed by atoms with Crippen molar-refractivity contribution in [2.24, 2.45) is 0 Å². The summed E-state index contributed by atoms with van der Waals surface area (Å²) >= 11 is 1.19. The number of carbonyl (C=O) groups excluding carboxylic acids is 6. The first-order valence-electron chi connectivity index (χ1n) is 12.1. The van der Waals surface area contributed by atoms with Crippen LogP contribution in [-0.2, 0) is 40.5 Å². The molecule has 4 rings (SSSR count). The summed E-state index contributed by atoms with van der Waals surface area (Å²) in [5.74, 6) is -3.36. The average molecular weight is 633 g/mol. The van der Waals surface area contributed by atoms with E-state index in [1.165, 1.54) is 24.8 Å². The molecule has 0 saturated carbocycles. The first-order chi connectivity index (χ1) is 19.4. The number of hydrogen-bond acceptors (Lipinski definition) is 11. The Hall–Kier alpha value is -3.16. The largest absolute Gasteiger partial charge is 1.00 e. The van der Waals surface area contributed by atoms with E-state index in [2.05, 4.69) is 10.6 Å². The molecule has 6 amide bonds. The average Bonchev–Trinajstić information content (AvgIpc) is 3.33. The number of thioether (sulfide) groups is 1. The molecule has 2 atom stereocenters. The second-order valence-electron chi connectivity index (χ2n) is 8.95. The van der Waals surface area contributed by atoms with Crippen LogP contribution in [0, 0.1) is 0 Å². The van der Waals surface area contributed by atoms with E-state index >= 15 is 0 Å². The van der Waals surface area contributed by atoms with Crippen molar-refractivity contribution < 1.29 is 76.6 Å². The van der Waals surface area contributed by atoms with Crippen LogP contribution in [0.1, 0.15) is 12.5 Å². The Labute approximate surface area is 266 Å². The molecule has 3 heterocycles. The van der Waals surface area contributed by atoms with Crippen molar-refractivity contribution in [3.8, 4) is 0 Å². The summed E-state index contributed by atoms with van der Waals surface area (Å²) < 4.78 is 31.4. The minimum atomic E-state index is -4.08. The fraction of sp³-hybridized carbons (Fsp3) is 0.391. The molecular formula is C23H25N6NaO10S2. The van der Waals surface area contributed by atoms with E-state index in [9.17, 15) is 42.3 Å². The normalized spacial score (nSPS) is 19.9. The number of esters is 1. The van der Waals surface area contributed by atoms with Gasteiger partial charge < -0.3 is 25.3 Å². The monoisotopic (exact) mass is 632 g/mol. The second kappa shape index (κ2) is 13.4. The maximum atomic E-state index is 12.9. The Morgan fingerprint density at radius 3 is 2.48 bits per heavy atom. The molecule has 16 nitrogen and oxygen atoms in total. The van der Waals surface area contributed by atoms with Crippen molar-refractivity contribution in [1.82, 2.24) is 24.1 Å². The Morgan fingerprint density at radius 2 is 1.83 bits per heavy atom. The smallest absolute Gasteiger partial charge is 0.543 e. The number of β-lactam (4-membered cyclic amide) rings is 1. The number of anilines is 1. The van der Waals surface area contributed by atoms with Crippen LogP contribution in [-0.4, -0.2) is 102 Å². The molecule has 0 bridgehead atoms. The number of benzene rings is 1. The van der Waals surface area contributed by atoms with Gasteiger partial charge in [0, 0.05) is 31.0 Å². The van der Waals surface area contributed by atoms with Gasteiger partial charge in [0.2, 0.25) is 5.91 Å². The van der Waals surface area contributed by atoms with Crippen LogP contribution in [0.15, 0.2) is 35.5 Å². The second-order valence-corrected chi connectivity index (χ2v) is 11.9. The molecule has 2 saturated heterocycles. The number of amides is 6. The molecule has 0 radical (unpaired) electrons. The number of urea groups is 2. The maximum absolute atomic E-state index is 12.9. The summed E-state index contributed by atoms with van der Waals surface area (Å²) in [6, 6.07) is 3.25. The predicted octanol–water partition coefficient (Wildman–Crippen LogP) is -5.07.